The summed E-state index contributed by atoms with van der Waals surface area (Å²) in [4.78, 5) is 24.5. The van der Waals surface area contributed by atoms with Crippen molar-refractivity contribution >= 4 is 23.6 Å². The van der Waals surface area contributed by atoms with Crippen LogP contribution >= 0.6 is 0 Å². The second kappa shape index (κ2) is 8.02. The topological polar surface area (TPSA) is 84.5 Å². The molecule has 3 aromatic rings. The molecule has 6 nitrogen and oxygen atoms in total. The predicted molar refractivity (Wildman–Crippen MR) is 97.4 cm³/mol. The molecule has 0 radical (unpaired) electrons. The van der Waals surface area contributed by atoms with Gasteiger partial charge in [-0.15, -0.1) is 0 Å². The van der Waals surface area contributed by atoms with Crippen molar-refractivity contribution in [3.8, 4) is 0 Å². The number of hydrogen-bond donors (Lipinski definition) is 2. The van der Waals surface area contributed by atoms with Gasteiger partial charge in [0.2, 0.25) is 5.91 Å². The second-order valence-corrected chi connectivity index (χ2v) is 5.58. The molecule has 0 bridgehead atoms. The van der Waals surface area contributed by atoms with E-state index in [4.69, 9.17) is 8.83 Å². The summed E-state index contributed by atoms with van der Waals surface area (Å²) in [6, 6.07) is 13.9. The maximum atomic E-state index is 12.4. The Bertz CT molecular complexity index is 923. The number of carbonyl (C=O) groups excluding carboxylic acids is 2. The highest BCUT2D eigenvalue weighted by Gasteiger charge is 2.12. The van der Waals surface area contributed by atoms with Crippen molar-refractivity contribution in [1.82, 2.24) is 5.32 Å². The van der Waals surface area contributed by atoms with Crippen LogP contribution in [0, 0.1) is 6.92 Å². The highest BCUT2D eigenvalue weighted by atomic mass is 16.3. The number of para-hydroxylation sites is 1. The number of nitrogens with one attached hydrogen (secondary N) is 2. The lowest BCUT2D eigenvalue weighted by Crippen LogP contribution is -2.24. The summed E-state index contributed by atoms with van der Waals surface area (Å²) in [5, 5.41) is 5.47. The molecule has 0 saturated carbocycles. The fourth-order valence-corrected chi connectivity index (χ4v) is 2.34. The Kier molecular flexibility index (Phi) is 5.34. The zero-order valence-corrected chi connectivity index (χ0v) is 14.2. The standard InChI is InChI=1S/C20H18N2O4/c1-14-8-9-15(26-14)10-11-19(23)22-18-7-3-2-6-17(18)20(24)21-13-16-5-4-12-25-16/h2-12H,13H2,1H3,(H,21,24)(H,22,23)/b11-10+. The minimum Gasteiger partial charge on any atom is -0.467 e. The van der Waals surface area contributed by atoms with Gasteiger partial charge in [-0.1, -0.05) is 12.1 Å². The molecule has 0 aliphatic heterocycles. The van der Waals surface area contributed by atoms with Crippen LogP contribution in [-0.4, -0.2) is 11.8 Å². The minimum absolute atomic E-state index is 0.270. The van der Waals surface area contributed by atoms with Crippen molar-refractivity contribution in [3.63, 3.8) is 0 Å². The van der Waals surface area contributed by atoms with Gasteiger partial charge < -0.3 is 19.5 Å². The van der Waals surface area contributed by atoms with E-state index in [1.54, 1.807) is 54.8 Å². The van der Waals surface area contributed by atoms with E-state index >= 15 is 0 Å². The summed E-state index contributed by atoms with van der Waals surface area (Å²) in [6.45, 7) is 2.10. The van der Waals surface area contributed by atoms with Gasteiger partial charge in [0.15, 0.2) is 0 Å². The van der Waals surface area contributed by atoms with E-state index in [1.807, 2.05) is 13.0 Å². The van der Waals surface area contributed by atoms with Crippen LogP contribution in [0.15, 0.2) is 69.7 Å². The molecule has 2 aromatic heterocycles. The molecule has 0 spiro atoms. The second-order valence-electron chi connectivity index (χ2n) is 5.58. The highest BCUT2D eigenvalue weighted by molar-refractivity contribution is 6.07. The van der Waals surface area contributed by atoms with Gasteiger partial charge in [0.25, 0.3) is 5.91 Å². The third kappa shape index (κ3) is 4.51. The van der Waals surface area contributed by atoms with Gasteiger partial charge in [0, 0.05) is 6.08 Å². The Hall–Kier alpha value is -3.54. The molecular formula is C20H18N2O4. The zero-order valence-electron chi connectivity index (χ0n) is 14.2. The average Bonchev–Trinajstić information content (AvgIpc) is 3.30. The summed E-state index contributed by atoms with van der Waals surface area (Å²) in [5.41, 5.74) is 0.796. The van der Waals surface area contributed by atoms with E-state index in [0.29, 0.717) is 22.8 Å². The molecule has 0 aliphatic rings. The third-order valence-electron chi connectivity index (χ3n) is 3.59. The number of hydrogen-bond acceptors (Lipinski definition) is 4. The van der Waals surface area contributed by atoms with E-state index in [0.717, 1.165) is 5.76 Å². The van der Waals surface area contributed by atoms with Crippen LogP contribution in [0.1, 0.15) is 27.6 Å². The first-order valence-electron chi connectivity index (χ1n) is 8.07. The van der Waals surface area contributed by atoms with Crippen molar-refractivity contribution in [2.45, 2.75) is 13.5 Å². The van der Waals surface area contributed by atoms with E-state index in [2.05, 4.69) is 10.6 Å². The van der Waals surface area contributed by atoms with Gasteiger partial charge >= 0.3 is 0 Å². The molecule has 3 rings (SSSR count). The van der Waals surface area contributed by atoms with Crippen molar-refractivity contribution in [2.75, 3.05) is 5.32 Å². The SMILES string of the molecule is Cc1ccc(/C=C/C(=O)Nc2ccccc2C(=O)NCc2ccco2)o1. The summed E-state index contributed by atoms with van der Waals surface area (Å²) < 4.78 is 10.6. The summed E-state index contributed by atoms with van der Waals surface area (Å²) >= 11 is 0. The van der Waals surface area contributed by atoms with E-state index < -0.39 is 0 Å². The molecule has 2 heterocycles. The van der Waals surface area contributed by atoms with Crippen LogP contribution in [-0.2, 0) is 11.3 Å². The van der Waals surface area contributed by atoms with E-state index in [-0.39, 0.29) is 18.4 Å². The molecule has 0 fully saturated rings. The fraction of sp³-hybridized carbons (Fsp3) is 0.100. The number of amides is 2. The van der Waals surface area contributed by atoms with Crippen molar-refractivity contribution in [1.29, 1.82) is 0 Å². The Morgan fingerprint density at radius 3 is 2.65 bits per heavy atom. The number of benzene rings is 1. The summed E-state index contributed by atoms with van der Waals surface area (Å²) in [5.74, 6) is 1.34. The first kappa shape index (κ1) is 17.3. The van der Waals surface area contributed by atoms with Crippen molar-refractivity contribution < 1.29 is 18.4 Å². The molecule has 0 unspecified atom stereocenters. The number of anilines is 1. The van der Waals surface area contributed by atoms with Crippen LogP contribution in [0.25, 0.3) is 6.08 Å². The molecule has 0 aliphatic carbocycles. The first-order valence-corrected chi connectivity index (χ1v) is 8.07. The van der Waals surface area contributed by atoms with Gasteiger partial charge in [0.1, 0.15) is 17.3 Å². The van der Waals surface area contributed by atoms with Crippen molar-refractivity contribution in [2.24, 2.45) is 0 Å². The molecule has 6 heteroatoms. The molecule has 2 amide bonds. The lowest BCUT2D eigenvalue weighted by molar-refractivity contribution is -0.111. The van der Waals surface area contributed by atoms with Gasteiger partial charge in [-0.25, -0.2) is 0 Å². The lowest BCUT2D eigenvalue weighted by Gasteiger charge is -2.09. The molecule has 26 heavy (non-hydrogen) atoms. The number of carbonyl (C=O) groups is 2. The minimum atomic E-state index is -0.356. The van der Waals surface area contributed by atoms with Crippen LogP contribution in [0.2, 0.25) is 0 Å². The Balaban J connectivity index is 1.65. The number of furan rings is 2. The van der Waals surface area contributed by atoms with Crippen LogP contribution in [0.4, 0.5) is 5.69 Å². The molecular weight excluding hydrogens is 332 g/mol. The molecule has 0 atom stereocenters. The van der Waals surface area contributed by atoms with Gasteiger partial charge in [-0.2, -0.15) is 0 Å². The van der Waals surface area contributed by atoms with Gasteiger partial charge in [-0.3, -0.25) is 9.59 Å². The van der Waals surface area contributed by atoms with Crippen LogP contribution < -0.4 is 10.6 Å². The maximum Gasteiger partial charge on any atom is 0.253 e. The van der Waals surface area contributed by atoms with E-state index in [1.165, 1.54) is 6.08 Å². The zero-order chi connectivity index (χ0) is 18.4. The quantitative estimate of drug-likeness (QED) is 0.663. The fourth-order valence-electron chi connectivity index (χ4n) is 2.34. The maximum absolute atomic E-state index is 12.4. The van der Waals surface area contributed by atoms with Gasteiger partial charge in [0.05, 0.1) is 24.1 Å². The van der Waals surface area contributed by atoms with Crippen molar-refractivity contribution in [3.05, 3.63) is 83.7 Å². The van der Waals surface area contributed by atoms with Crippen LogP contribution in [0.3, 0.4) is 0 Å². The highest BCUT2D eigenvalue weighted by Crippen LogP contribution is 2.16. The molecule has 132 valence electrons. The lowest BCUT2D eigenvalue weighted by atomic mass is 10.1. The Morgan fingerprint density at radius 2 is 1.92 bits per heavy atom. The number of rotatable bonds is 6. The molecule has 2 N–H and O–H groups in total. The molecule has 0 saturated heterocycles. The van der Waals surface area contributed by atoms with E-state index in [9.17, 15) is 9.59 Å². The summed E-state index contributed by atoms with van der Waals surface area (Å²) in [6.07, 6.45) is 4.47. The summed E-state index contributed by atoms with van der Waals surface area (Å²) in [7, 11) is 0. The monoisotopic (exact) mass is 350 g/mol. The smallest absolute Gasteiger partial charge is 0.253 e. The van der Waals surface area contributed by atoms with Crippen LogP contribution in [0.5, 0.6) is 0 Å². The molecule has 1 aromatic carbocycles. The predicted octanol–water partition coefficient (Wildman–Crippen LogP) is 3.76. The Morgan fingerprint density at radius 1 is 1.08 bits per heavy atom. The average molecular weight is 350 g/mol. The number of aryl methyl sites for hydroxylation is 1. The third-order valence-corrected chi connectivity index (χ3v) is 3.59. The largest absolute Gasteiger partial charge is 0.467 e. The first-order chi connectivity index (χ1) is 12.6. The Labute approximate surface area is 150 Å². The normalized spacial score (nSPS) is 10.8. The van der Waals surface area contributed by atoms with Gasteiger partial charge in [-0.05, 0) is 49.4 Å².